The van der Waals surface area contributed by atoms with E-state index in [0.717, 1.165) is 0 Å². The first-order valence-electron chi connectivity index (χ1n) is 6.72. The van der Waals surface area contributed by atoms with E-state index in [0.29, 0.717) is 10.6 Å². The SMILES string of the molecule is C[Si](C)(C)[C@H](F)P(=O)(c1ccccc1)c1ccccc1. The first-order chi connectivity index (χ1) is 9.37. The van der Waals surface area contributed by atoms with E-state index in [1.54, 1.807) is 24.3 Å². The van der Waals surface area contributed by atoms with E-state index in [1.165, 1.54) is 0 Å². The topological polar surface area (TPSA) is 17.1 Å². The first-order valence-corrected chi connectivity index (χ1v) is 12.1. The van der Waals surface area contributed by atoms with Crippen LogP contribution in [0.25, 0.3) is 0 Å². The Morgan fingerprint density at radius 1 is 0.850 bits per heavy atom. The van der Waals surface area contributed by atoms with Crippen LogP contribution in [0.3, 0.4) is 0 Å². The van der Waals surface area contributed by atoms with Crippen molar-refractivity contribution in [2.45, 2.75) is 25.2 Å². The van der Waals surface area contributed by atoms with E-state index < -0.39 is 20.8 Å². The van der Waals surface area contributed by atoms with E-state index in [2.05, 4.69) is 0 Å². The summed E-state index contributed by atoms with van der Waals surface area (Å²) in [6.45, 7) is 5.78. The standard InChI is InChI=1S/C16H20FOPSi/c1-20(2,3)16(17)19(18,14-10-6-4-7-11-14)15-12-8-5-9-13-15/h4-13,16H,1-3H3/t16-/m1/s1. The minimum atomic E-state index is -3.24. The fourth-order valence-corrected chi connectivity index (χ4v) is 9.56. The minimum absolute atomic E-state index is 0.612. The lowest BCUT2D eigenvalue weighted by atomic mass is 10.4. The van der Waals surface area contributed by atoms with Gasteiger partial charge >= 0.3 is 0 Å². The fourth-order valence-electron chi connectivity index (χ4n) is 2.26. The van der Waals surface area contributed by atoms with E-state index >= 15 is 4.39 Å². The van der Waals surface area contributed by atoms with Gasteiger partial charge in [-0.25, -0.2) is 4.39 Å². The predicted molar refractivity (Wildman–Crippen MR) is 88.0 cm³/mol. The highest BCUT2D eigenvalue weighted by atomic mass is 31.2. The lowest BCUT2D eigenvalue weighted by molar-refractivity contribution is 0.501. The molecule has 106 valence electrons. The molecule has 0 amide bonds. The van der Waals surface area contributed by atoms with Gasteiger partial charge in [-0.05, 0) is 0 Å². The second-order valence-corrected chi connectivity index (χ2v) is 14.6. The van der Waals surface area contributed by atoms with Crippen LogP contribution in [0.4, 0.5) is 4.39 Å². The van der Waals surface area contributed by atoms with Crippen molar-refractivity contribution in [3.63, 3.8) is 0 Å². The molecule has 0 unspecified atom stereocenters. The Hall–Kier alpha value is -1.18. The normalized spacial score (nSPS) is 14.0. The highest BCUT2D eigenvalue weighted by Crippen LogP contribution is 2.52. The molecular formula is C16H20FOPSi. The third kappa shape index (κ3) is 2.79. The third-order valence-corrected chi connectivity index (χ3v) is 10.9. The molecule has 4 heteroatoms. The van der Waals surface area contributed by atoms with Crippen molar-refractivity contribution in [3.05, 3.63) is 60.7 Å². The molecule has 0 saturated carbocycles. The molecule has 2 aromatic rings. The van der Waals surface area contributed by atoms with Gasteiger partial charge in [-0.2, -0.15) is 0 Å². The Bertz CT molecular complexity index is 564. The van der Waals surface area contributed by atoms with E-state index in [-0.39, 0.29) is 0 Å². The van der Waals surface area contributed by atoms with Gasteiger partial charge in [-0.1, -0.05) is 80.3 Å². The van der Waals surface area contributed by atoms with Crippen molar-refractivity contribution in [2.24, 2.45) is 0 Å². The maximum Gasteiger partial charge on any atom is 0.172 e. The molecule has 2 rings (SSSR count). The largest absolute Gasteiger partial charge is 0.311 e. The highest BCUT2D eigenvalue weighted by Gasteiger charge is 2.44. The average molecular weight is 306 g/mol. The number of rotatable bonds is 4. The Labute approximate surface area is 121 Å². The smallest absolute Gasteiger partial charge is 0.172 e. The number of hydrogen-bond donors (Lipinski definition) is 0. The summed E-state index contributed by atoms with van der Waals surface area (Å²) in [6, 6.07) is 18.1. The van der Waals surface area contributed by atoms with Gasteiger partial charge in [0, 0.05) is 10.6 Å². The maximum atomic E-state index is 15.1. The van der Waals surface area contributed by atoms with Crippen molar-refractivity contribution < 1.29 is 8.96 Å². The van der Waals surface area contributed by atoms with Crippen molar-refractivity contribution in [1.29, 1.82) is 0 Å². The molecular weight excluding hydrogens is 286 g/mol. The second-order valence-electron chi connectivity index (χ2n) is 6.03. The molecule has 0 aliphatic carbocycles. The molecule has 0 spiro atoms. The zero-order valence-corrected chi connectivity index (χ0v) is 14.0. The van der Waals surface area contributed by atoms with Gasteiger partial charge in [0.25, 0.3) is 0 Å². The summed E-state index contributed by atoms with van der Waals surface area (Å²) in [5.74, 6) is 0. The molecule has 2 aromatic carbocycles. The minimum Gasteiger partial charge on any atom is -0.311 e. The Morgan fingerprint density at radius 2 is 1.20 bits per heavy atom. The summed E-state index contributed by atoms with van der Waals surface area (Å²) < 4.78 is 28.8. The Morgan fingerprint density at radius 3 is 1.50 bits per heavy atom. The van der Waals surface area contributed by atoms with Gasteiger partial charge in [0.05, 0.1) is 8.07 Å². The van der Waals surface area contributed by atoms with Crippen LogP contribution in [-0.4, -0.2) is 13.6 Å². The molecule has 0 bridgehead atoms. The van der Waals surface area contributed by atoms with Gasteiger partial charge in [-0.15, -0.1) is 0 Å². The first kappa shape index (κ1) is 15.2. The monoisotopic (exact) mass is 306 g/mol. The van der Waals surface area contributed by atoms with Crippen LogP contribution in [0.15, 0.2) is 60.7 Å². The van der Waals surface area contributed by atoms with Crippen LogP contribution in [0.5, 0.6) is 0 Å². The zero-order chi connectivity index (χ0) is 14.8. The van der Waals surface area contributed by atoms with Crippen LogP contribution in [0, 0.1) is 0 Å². The van der Waals surface area contributed by atoms with Crippen molar-refractivity contribution in [2.75, 3.05) is 0 Å². The number of alkyl halides is 1. The van der Waals surface area contributed by atoms with E-state index in [4.69, 9.17) is 0 Å². The molecule has 0 aromatic heterocycles. The predicted octanol–water partition coefficient (Wildman–Crippen LogP) is 4.17. The van der Waals surface area contributed by atoms with Crippen LogP contribution in [-0.2, 0) is 4.57 Å². The lowest BCUT2D eigenvalue weighted by Crippen LogP contribution is -2.40. The molecule has 0 fully saturated rings. The maximum absolute atomic E-state index is 15.1. The van der Waals surface area contributed by atoms with Crippen LogP contribution < -0.4 is 10.6 Å². The van der Waals surface area contributed by atoms with Gasteiger partial charge < -0.3 is 4.57 Å². The molecule has 0 aliphatic rings. The summed E-state index contributed by atoms with van der Waals surface area (Å²) in [5.41, 5.74) is -1.28. The van der Waals surface area contributed by atoms with Crippen LogP contribution >= 0.6 is 7.14 Å². The van der Waals surface area contributed by atoms with Crippen LogP contribution in [0.1, 0.15) is 0 Å². The van der Waals surface area contributed by atoms with E-state index in [9.17, 15) is 4.57 Å². The molecule has 0 N–H and O–H groups in total. The summed E-state index contributed by atoms with van der Waals surface area (Å²) in [6.07, 6.45) is 0. The fraction of sp³-hybridized carbons (Fsp3) is 0.250. The summed E-state index contributed by atoms with van der Waals surface area (Å²) in [7, 11) is -5.43. The molecule has 0 aliphatic heterocycles. The second kappa shape index (κ2) is 5.67. The number of benzene rings is 2. The van der Waals surface area contributed by atoms with Gasteiger partial charge in [0.1, 0.15) is 5.54 Å². The Kier molecular flexibility index (Phi) is 4.31. The van der Waals surface area contributed by atoms with Crippen molar-refractivity contribution >= 4 is 25.8 Å². The molecule has 20 heavy (non-hydrogen) atoms. The van der Waals surface area contributed by atoms with Gasteiger partial charge in [0.15, 0.2) is 7.14 Å². The molecule has 0 heterocycles. The average Bonchev–Trinajstić information content (AvgIpc) is 2.46. The van der Waals surface area contributed by atoms with Crippen molar-refractivity contribution in [1.82, 2.24) is 0 Å². The summed E-state index contributed by atoms with van der Waals surface area (Å²) in [5, 5.41) is 1.22. The summed E-state index contributed by atoms with van der Waals surface area (Å²) >= 11 is 0. The quantitative estimate of drug-likeness (QED) is 0.612. The van der Waals surface area contributed by atoms with Gasteiger partial charge in [-0.3, -0.25) is 0 Å². The van der Waals surface area contributed by atoms with Crippen LogP contribution in [0.2, 0.25) is 19.6 Å². The summed E-state index contributed by atoms with van der Waals surface area (Å²) in [4.78, 5) is 0. The van der Waals surface area contributed by atoms with E-state index in [1.807, 2.05) is 56.0 Å². The number of hydrogen-bond acceptors (Lipinski definition) is 1. The molecule has 0 saturated heterocycles. The van der Waals surface area contributed by atoms with Crippen molar-refractivity contribution in [3.8, 4) is 0 Å². The molecule has 1 nitrogen and oxygen atoms in total. The lowest BCUT2D eigenvalue weighted by Gasteiger charge is -2.30. The molecule has 0 radical (unpaired) electrons. The highest BCUT2D eigenvalue weighted by molar-refractivity contribution is 7.81. The zero-order valence-electron chi connectivity index (χ0n) is 12.1. The third-order valence-electron chi connectivity index (χ3n) is 3.31. The molecule has 1 atom stereocenters. The van der Waals surface area contributed by atoms with Gasteiger partial charge in [0.2, 0.25) is 0 Å². The Balaban J connectivity index is 2.65. The number of halogens is 1.